The minimum atomic E-state index is 0.200. The van der Waals surface area contributed by atoms with Crippen molar-refractivity contribution in [3.8, 4) is 5.75 Å². The van der Waals surface area contributed by atoms with Crippen LogP contribution in [0.15, 0.2) is 22.7 Å². The van der Waals surface area contributed by atoms with E-state index in [2.05, 4.69) is 53.3 Å². The molecule has 0 saturated carbocycles. The first kappa shape index (κ1) is 14.8. The molecule has 0 radical (unpaired) electrons. The molecule has 0 fully saturated rings. The Kier molecular flexibility index (Phi) is 5.25. The molecule has 1 aromatic carbocycles. The van der Waals surface area contributed by atoms with Gasteiger partial charge >= 0.3 is 0 Å². The molecule has 3 atom stereocenters. The molecule has 3 unspecified atom stereocenters. The van der Waals surface area contributed by atoms with Gasteiger partial charge in [0.05, 0.1) is 6.61 Å². The van der Waals surface area contributed by atoms with E-state index in [1.165, 1.54) is 5.56 Å². The smallest absolute Gasteiger partial charge is 0.125 e. The van der Waals surface area contributed by atoms with Crippen LogP contribution in [-0.4, -0.2) is 26.4 Å². The van der Waals surface area contributed by atoms with Crippen molar-refractivity contribution in [3.05, 3.63) is 28.2 Å². The van der Waals surface area contributed by atoms with Gasteiger partial charge in [0.1, 0.15) is 11.9 Å². The van der Waals surface area contributed by atoms with Gasteiger partial charge in [0.25, 0.3) is 0 Å². The van der Waals surface area contributed by atoms with E-state index in [0.717, 1.165) is 29.8 Å². The molecule has 106 valence electrons. The third-order valence-corrected chi connectivity index (χ3v) is 4.11. The summed E-state index contributed by atoms with van der Waals surface area (Å²) >= 11 is 3.51. The second-order valence-corrected chi connectivity index (χ2v) is 6.03. The number of benzene rings is 1. The zero-order valence-electron chi connectivity index (χ0n) is 11.8. The molecule has 1 aliphatic heterocycles. The van der Waals surface area contributed by atoms with Crippen molar-refractivity contribution in [2.24, 2.45) is 5.92 Å². The van der Waals surface area contributed by atoms with Gasteiger partial charge in [0, 0.05) is 35.5 Å². The fourth-order valence-electron chi connectivity index (χ4n) is 2.63. The lowest BCUT2D eigenvalue weighted by Gasteiger charge is -2.35. The van der Waals surface area contributed by atoms with Crippen molar-refractivity contribution in [1.82, 2.24) is 5.32 Å². The van der Waals surface area contributed by atoms with Gasteiger partial charge in [-0.05, 0) is 18.7 Å². The summed E-state index contributed by atoms with van der Waals surface area (Å²) in [6, 6.07) is 6.65. The molecule has 4 heteroatoms. The summed E-state index contributed by atoms with van der Waals surface area (Å²) in [5.74, 6) is 1.37. The maximum atomic E-state index is 6.15. The van der Waals surface area contributed by atoms with Gasteiger partial charge in [-0.3, -0.25) is 0 Å². The molecule has 19 heavy (non-hydrogen) atoms. The van der Waals surface area contributed by atoms with Gasteiger partial charge in [-0.25, -0.2) is 0 Å². The molecular weight excluding hydrogens is 306 g/mol. The third-order valence-electron chi connectivity index (χ3n) is 3.61. The van der Waals surface area contributed by atoms with E-state index in [9.17, 15) is 0 Å². The molecule has 0 saturated heterocycles. The zero-order valence-corrected chi connectivity index (χ0v) is 13.4. The van der Waals surface area contributed by atoms with Crippen molar-refractivity contribution in [3.63, 3.8) is 0 Å². The highest BCUT2D eigenvalue weighted by Crippen LogP contribution is 2.38. The van der Waals surface area contributed by atoms with Gasteiger partial charge in [0.2, 0.25) is 0 Å². The SMILES string of the molecule is CCNC1CC(C(C)COC)Oc2cc(Br)ccc21. The van der Waals surface area contributed by atoms with Gasteiger partial charge < -0.3 is 14.8 Å². The maximum absolute atomic E-state index is 6.15. The van der Waals surface area contributed by atoms with Crippen LogP contribution in [0.1, 0.15) is 31.9 Å². The largest absolute Gasteiger partial charge is 0.490 e. The monoisotopic (exact) mass is 327 g/mol. The molecule has 2 rings (SSSR count). The van der Waals surface area contributed by atoms with Gasteiger partial charge in [-0.2, -0.15) is 0 Å². The van der Waals surface area contributed by atoms with Crippen molar-refractivity contribution in [1.29, 1.82) is 0 Å². The minimum Gasteiger partial charge on any atom is -0.490 e. The predicted molar refractivity (Wildman–Crippen MR) is 80.6 cm³/mol. The summed E-state index contributed by atoms with van der Waals surface area (Å²) in [5.41, 5.74) is 1.26. The van der Waals surface area contributed by atoms with Gasteiger partial charge in [-0.15, -0.1) is 0 Å². The highest BCUT2D eigenvalue weighted by molar-refractivity contribution is 9.10. The quantitative estimate of drug-likeness (QED) is 0.897. The number of methoxy groups -OCH3 is 1. The lowest BCUT2D eigenvalue weighted by molar-refractivity contribution is 0.0502. The second-order valence-electron chi connectivity index (χ2n) is 5.12. The summed E-state index contributed by atoms with van der Waals surface area (Å²) in [6.07, 6.45) is 1.19. The fourth-order valence-corrected chi connectivity index (χ4v) is 2.97. The molecule has 0 aliphatic carbocycles. The lowest BCUT2D eigenvalue weighted by Crippen LogP contribution is -2.37. The molecule has 0 bridgehead atoms. The number of ether oxygens (including phenoxy) is 2. The summed E-state index contributed by atoms with van der Waals surface area (Å²) in [4.78, 5) is 0. The zero-order chi connectivity index (χ0) is 13.8. The Morgan fingerprint density at radius 1 is 1.53 bits per heavy atom. The Morgan fingerprint density at radius 3 is 3.00 bits per heavy atom. The van der Waals surface area contributed by atoms with E-state index in [4.69, 9.17) is 9.47 Å². The first-order valence-corrected chi connectivity index (χ1v) is 7.63. The molecular formula is C15H22BrNO2. The normalized spacial score (nSPS) is 23.6. The molecule has 1 heterocycles. The molecule has 0 amide bonds. The summed E-state index contributed by atoms with van der Waals surface area (Å²) in [6.45, 7) is 6.01. The average molecular weight is 328 g/mol. The van der Waals surface area contributed by atoms with Crippen LogP contribution >= 0.6 is 15.9 Å². The number of nitrogens with one attached hydrogen (secondary N) is 1. The van der Waals surface area contributed by atoms with Crippen LogP contribution in [0.3, 0.4) is 0 Å². The van der Waals surface area contributed by atoms with Crippen LogP contribution in [0.2, 0.25) is 0 Å². The van der Waals surface area contributed by atoms with Crippen LogP contribution in [0.25, 0.3) is 0 Å². The predicted octanol–water partition coefficient (Wildman–Crippen LogP) is 3.53. The molecule has 1 N–H and O–H groups in total. The molecule has 3 nitrogen and oxygen atoms in total. The topological polar surface area (TPSA) is 30.5 Å². The fraction of sp³-hybridized carbons (Fsp3) is 0.600. The maximum Gasteiger partial charge on any atom is 0.125 e. The summed E-state index contributed by atoms with van der Waals surface area (Å²) < 4.78 is 12.5. The van der Waals surface area contributed by atoms with E-state index < -0.39 is 0 Å². The highest BCUT2D eigenvalue weighted by atomic mass is 79.9. The Labute approximate surface area is 123 Å². The van der Waals surface area contributed by atoms with Crippen LogP contribution < -0.4 is 10.1 Å². The first-order chi connectivity index (χ1) is 9.15. The number of fused-ring (bicyclic) bond motifs is 1. The Morgan fingerprint density at radius 2 is 2.32 bits per heavy atom. The highest BCUT2D eigenvalue weighted by Gasteiger charge is 2.31. The summed E-state index contributed by atoms with van der Waals surface area (Å²) in [7, 11) is 1.74. The van der Waals surface area contributed by atoms with E-state index in [0.29, 0.717) is 12.0 Å². The Hall–Kier alpha value is -0.580. The van der Waals surface area contributed by atoms with Gasteiger partial charge in [-0.1, -0.05) is 35.8 Å². The number of hydrogen-bond donors (Lipinski definition) is 1. The Balaban J connectivity index is 2.23. The average Bonchev–Trinajstić information content (AvgIpc) is 2.38. The molecule has 0 spiro atoms. The first-order valence-electron chi connectivity index (χ1n) is 6.84. The minimum absolute atomic E-state index is 0.200. The number of halogens is 1. The number of hydrogen-bond acceptors (Lipinski definition) is 3. The van der Waals surface area contributed by atoms with Crippen molar-refractivity contribution < 1.29 is 9.47 Å². The standard InChI is InChI=1S/C15H22BrNO2/c1-4-17-13-8-14(10(2)9-18-3)19-15-7-11(16)5-6-12(13)15/h5-7,10,13-14,17H,4,8-9H2,1-3H3. The van der Waals surface area contributed by atoms with Crippen LogP contribution in [0.4, 0.5) is 0 Å². The molecule has 0 aromatic heterocycles. The molecule has 1 aliphatic rings. The Bertz CT molecular complexity index is 425. The van der Waals surface area contributed by atoms with E-state index in [-0.39, 0.29) is 6.10 Å². The second kappa shape index (κ2) is 6.73. The van der Waals surface area contributed by atoms with Crippen LogP contribution in [0.5, 0.6) is 5.75 Å². The van der Waals surface area contributed by atoms with Gasteiger partial charge in [0.15, 0.2) is 0 Å². The van der Waals surface area contributed by atoms with E-state index in [1.807, 2.05) is 0 Å². The molecule has 1 aromatic rings. The van der Waals surface area contributed by atoms with Crippen molar-refractivity contribution in [2.75, 3.05) is 20.3 Å². The third kappa shape index (κ3) is 3.50. The van der Waals surface area contributed by atoms with E-state index in [1.54, 1.807) is 7.11 Å². The van der Waals surface area contributed by atoms with Crippen LogP contribution in [-0.2, 0) is 4.74 Å². The lowest BCUT2D eigenvalue weighted by atomic mass is 9.91. The van der Waals surface area contributed by atoms with Crippen molar-refractivity contribution >= 4 is 15.9 Å². The summed E-state index contributed by atoms with van der Waals surface area (Å²) in [5, 5.41) is 3.55. The van der Waals surface area contributed by atoms with Crippen LogP contribution in [0, 0.1) is 5.92 Å². The van der Waals surface area contributed by atoms with E-state index >= 15 is 0 Å². The van der Waals surface area contributed by atoms with Crippen molar-refractivity contribution in [2.45, 2.75) is 32.4 Å². The number of rotatable bonds is 5.